The molecule has 590 valence electrons. The Balaban J connectivity index is 5.47. The number of ether oxygens (including phenoxy) is 4. The number of aliphatic hydroxyl groups excluding tert-OH is 1. The van der Waals surface area contributed by atoms with Crippen molar-refractivity contribution in [3.8, 4) is 0 Å². The van der Waals surface area contributed by atoms with Gasteiger partial charge in [0.1, 0.15) is 19.3 Å². The third kappa shape index (κ3) is 74.7. The second-order valence-corrected chi connectivity index (χ2v) is 28.4. The van der Waals surface area contributed by atoms with Gasteiger partial charge in [0.05, 0.1) is 32.8 Å². The predicted molar refractivity (Wildman–Crippen MR) is 426 cm³/mol. The number of aliphatic hydroxyl groups is 1. The molecule has 0 aromatic heterocycles. The van der Waals surface area contributed by atoms with Crippen molar-refractivity contribution in [3.05, 3.63) is 170 Å². The van der Waals surface area contributed by atoms with Gasteiger partial charge in [0.2, 0.25) is 0 Å². The van der Waals surface area contributed by atoms with E-state index in [1.54, 1.807) is 6.08 Å². The van der Waals surface area contributed by atoms with Crippen molar-refractivity contribution in [1.82, 2.24) is 0 Å². The molecule has 0 fully saturated rings. The van der Waals surface area contributed by atoms with Crippen LogP contribution in [-0.4, -0.2) is 96.7 Å². The van der Waals surface area contributed by atoms with Crippen LogP contribution in [0.15, 0.2) is 170 Å². The van der Waals surface area contributed by atoms with Gasteiger partial charge in [-0.15, -0.1) is 0 Å². The molecule has 5 atom stereocenters. The number of hydrogen-bond donors (Lipinski definition) is 3. The third-order valence-corrected chi connectivity index (χ3v) is 17.6. The highest BCUT2D eigenvalue weighted by molar-refractivity contribution is 7.47. The summed E-state index contributed by atoms with van der Waals surface area (Å²) < 4.78 is 68.5. The normalized spacial score (nSPS) is 14.8. The molecule has 0 aliphatic rings. The fraction of sp³-hybridized carbons (Fsp3) is 0.624. The Hall–Kier alpha value is -5.58. The zero-order chi connectivity index (χ0) is 76.0. The van der Waals surface area contributed by atoms with E-state index in [0.717, 1.165) is 205 Å². The zero-order valence-corrected chi connectivity index (χ0v) is 66.2. The van der Waals surface area contributed by atoms with Crippen LogP contribution in [0.4, 0.5) is 0 Å². The predicted octanol–water partition coefficient (Wildman–Crippen LogP) is 23.0. The first-order chi connectivity index (χ1) is 50.7. The molecule has 3 N–H and O–H groups in total. The lowest BCUT2D eigenvalue weighted by atomic mass is 10.1. The van der Waals surface area contributed by atoms with Gasteiger partial charge in [-0.2, -0.15) is 0 Å². The molecule has 0 amide bonds. The first-order valence-electron chi connectivity index (χ1n) is 39.4. The Labute approximate surface area is 629 Å². The summed E-state index contributed by atoms with van der Waals surface area (Å²) in [5.74, 6) is -2.37. The van der Waals surface area contributed by atoms with E-state index in [0.29, 0.717) is 25.7 Å². The van der Waals surface area contributed by atoms with E-state index < -0.39 is 97.5 Å². The molecule has 0 aliphatic heterocycles. The molecule has 0 heterocycles. The van der Waals surface area contributed by atoms with Crippen LogP contribution in [0.2, 0.25) is 0 Å². The molecule has 0 aromatic rings. The maximum absolute atomic E-state index is 13.1. The molecule has 104 heavy (non-hydrogen) atoms. The second kappa shape index (κ2) is 75.6. The van der Waals surface area contributed by atoms with Crippen LogP contribution in [0.1, 0.15) is 285 Å². The van der Waals surface area contributed by atoms with Crippen LogP contribution in [0, 0.1) is 0 Å². The Morgan fingerprint density at radius 2 is 0.510 bits per heavy atom. The maximum Gasteiger partial charge on any atom is 0.472 e. The molecule has 0 rings (SSSR count). The molecule has 19 heteroatoms. The van der Waals surface area contributed by atoms with E-state index in [4.69, 9.17) is 37.0 Å². The minimum absolute atomic E-state index is 0.0502. The molecule has 5 unspecified atom stereocenters. The smallest absolute Gasteiger partial charge is 0.462 e. The number of unbranched alkanes of at least 4 members (excludes halogenated alkanes) is 19. The Kier molecular flexibility index (Phi) is 71.6. The van der Waals surface area contributed by atoms with E-state index in [1.165, 1.54) is 0 Å². The van der Waals surface area contributed by atoms with Crippen molar-refractivity contribution in [3.63, 3.8) is 0 Å². The average Bonchev–Trinajstić information content (AvgIpc) is 0.926. The van der Waals surface area contributed by atoms with E-state index in [2.05, 4.69) is 174 Å². The SMILES string of the molecule is CC/C=C\C/C=C\C/C=C\C/C=C\C/C=C\CC(=O)OCC(COP(=O)(O)OCC(O)COP(=O)(O)OCC(COC(=O)CCCCCCCCC/C=C\C/C=C\C/C=C\CC)OC(=O)CCCCCCCCC/C=C\C/C=C\C/C=C\CC)OC(=O)CCCCCCC/C=C\C/C=C\C/C=C\CC. The summed E-state index contributed by atoms with van der Waals surface area (Å²) in [5, 5.41) is 10.6. The standard InChI is InChI=1S/C85H138O17P2/c1-5-9-13-17-21-25-29-33-37-39-43-46-50-54-58-62-66-70-83(88)96-76-81(102-85(90)72-68-64-60-56-52-48-44-40-38-34-30-26-22-18-14-10-6-2)78-100-104(93,94)98-74-79(86)73-97-103(91,92)99-77-80(101-84(89)71-67-63-59-55-51-47-42-36-32-28-24-20-16-12-8-4)75-95-82(87)69-65-61-57-53-49-45-41-35-31-27-23-19-15-11-7-3/h9-16,21-28,33-38,41-42,49,53,61,65,79-81,86H,5-8,17-20,29-32,39-40,43-48,50-52,54-60,62-64,66-78H2,1-4H3,(H,91,92)(H,93,94)/b13-9-,14-10-,15-11-,16-12-,25-21-,26-22-,27-23-,28-24-,37-33-,38-34-,41-35-,42-36-,53-49-,65-61-. The lowest BCUT2D eigenvalue weighted by molar-refractivity contribution is -0.161. The number of phosphoric ester groups is 2. The van der Waals surface area contributed by atoms with Gasteiger partial charge in [0.15, 0.2) is 12.2 Å². The number of carbonyl (C=O) groups is 4. The van der Waals surface area contributed by atoms with E-state index in [1.807, 2.05) is 18.2 Å². The van der Waals surface area contributed by atoms with E-state index in [-0.39, 0.29) is 25.7 Å². The number of esters is 4. The molecule has 0 aromatic carbocycles. The van der Waals surface area contributed by atoms with E-state index >= 15 is 0 Å². The number of allylic oxidation sites excluding steroid dienone is 27. The highest BCUT2D eigenvalue weighted by atomic mass is 31.2. The van der Waals surface area contributed by atoms with Crippen LogP contribution in [0.25, 0.3) is 0 Å². The summed E-state index contributed by atoms with van der Waals surface area (Å²) in [7, 11) is -10.0. The highest BCUT2D eigenvalue weighted by Crippen LogP contribution is 2.45. The zero-order valence-electron chi connectivity index (χ0n) is 64.4. The Morgan fingerprint density at radius 1 is 0.279 bits per heavy atom. The summed E-state index contributed by atoms with van der Waals surface area (Å²) in [6.45, 7) is 4.26. The quantitative estimate of drug-likeness (QED) is 0.0169. The van der Waals surface area contributed by atoms with Crippen LogP contribution >= 0.6 is 15.6 Å². The van der Waals surface area contributed by atoms with Crippen molar-refractivity contribution in [2.24, 2.45) is 0 Å². The van der Waals surface area contributed by atoms with Crippen molar-refractivity contribution < 1.29 is 80.2 Å². The van der Waals surface area contributed by atoms with Gasteiger partial charge >= 0.3 is 39.5 Å². The first kappa shape index (κ1) is 98.4. The molecule has 0 radical (unpaired) electrons. The fourth-order valence-corrected chi connectivity index (χ4v) is 11.4. The van der Waals surface area contributed by atoms with Gasteiger partial charge < -0.3 is 33.8 Å². The lowest BCUT2D eigenvalue weighted by Crippen LogP contribution is -2.30. The molecule has 0 saturated carbocycles. The molecule has 0 aliphatic carbocycles. The molecule has 0 bridgehead atoms. The fourth-order valence-electron chi connectivity index (χ4n) is 9.87. The second-order valence-electron chi connectivity index (χ2n) is 25.5. The molecule has 17 nitrogen and oxygen atoms in total. The molecular formula is C85H138O17P2. The number of phosphoric acid groups is 2. The van der Waals surface area contributed by atoms with Crippen LogP contribution in [0.5, 0.6) is 0 Å². The highest BCUT2D eigenvalue weighted by Gasteiger charge is 2.30. The number of rotatable bonds is 72. The van der Waals surface area contributed by atoms with Gasteiger partial charge in [0.25, 0.3) is 0 Å². The number of hydrogen-bond acceptors (Lipinski definition) is 15. The van der Waals surface area contributed by atoms with Crippen LogP contribution in [0.3, 0.4) is 0 Å². The molecule has 0 spiro atoms. The van der Waals surface area contributed by atoms with E-state index in [9.17, 15) is 43.2 Å². The van der Waals surface area contributed by atoms with Gasteiger partial charge in [-0.05, 0) is 148 Å². The molecular weight excluding hydrogens is 1350 g/mol. The third-order valence-electron chi connectivity index (χ3n) is 15.7. The van der Waals surface area contributed by atoms with Crippen LogP contribution in [-0.2, 0) is 65.4 Å². The van der Waals surface area contributed by atoms with Gasteiger partial charge in [-0.1, -0.05) is 281 Å². The summed E-state index contributed by atoms with van der Waals surface area (Å²) in [6.07, 6.45) is 89.3. The van der Waals surface area contributed by atoms with Crippen LogP contribution < -0.4 is 0 Å². The van der Waals surface area contributed by atoms with Crippen molar-refractivity contribution in [2.75, 3.05) is 39.6 Å². The maximum atomic E-state index is 13.1. The van der Waals surface area contributed by atoms with Crippen molar-refractivity contribution in [2.45, 2.75) is 303 Å². The summed E-state index contributed by atoms with van der Waals surface area (Å²) in [6, 6.07) is 0. The summed E-state index contributed by atoms with van der Waals surface area (Å²) in [5.41, 5.74) is 0. The van der Waals surface area contributed by atoms with Gasteiger partial charge in [-0.25, -0.2) is 9.13 Å². The summed E-state index contributed by atoms with van der Waals surface area (Å²) >= 11 is 0. The molecule has 0 saturated heterocycles. The summed E-state index contributed by atoms with van der Waals surface area (Å²) in [4.78, 5) is 73.0. The first-order valence-corrected chi connectivity index (χ1v) is 42.4. The van der Waals surface area contributed by atoms with Crippen molar-refractivity contribution >= 4 is 39.5 Å². The van der Waals surface area contributed by atoms with Gasteiger partial charge in [0, 0.05) is 19.3 Å². The van der Waals surface area contributed by atoms with Gasteiger partial charge in [-0.3, -0.25) is 37.3 Å². The monoisotopic (exact) mass is 1490 g/mol. The Morgan fingerprint density at radius 3 is 0.808 bits per heavy atom. The average molecular weight is 1490 g/mol. The minimum atomic E-state index is -5.01. The van der Waals surface area contributed by atoms with Crippen molar-refractivity contribution in [1.29, 1.82) is 0 Å². The minimum Gasteiger partial charge on any atom is -0.462 e. The Bertz CT molecular complexity index is 2640. The largest absolute Gasteiger partial charge is 0.472 e. The number of carbonyl (C=O) groups excluding carboxylic acids is 4. The lowest BCUT2D eigenvalue weighted by Gasteiger charge is -2.21. The topological polar surface area (TPSA) is 237 Å².